The van der Waals surface area contributed by atoms with Gasteiger partial charge in [-0.2, -0.15) is 5.10 Å². The first-order chi connectivity index (χ1) is 16.5. The Balaban J connectivity index is 1.56. The molecule has 0 saturated carbocycles. The average molecular weight is 460 g/mol. The lowest BCUT2D eigenvalue weighted by atomic mass is 10.1. The molecule has 0 radical (unpaired) electrons. The highest BCUT2D eigenvalue weighted by atomic mass is 19.1. The predicted molar refractivity (Wildman–Crippen MR) is 125 cm³/mol. The van der Waals surface area contributed by atoms with E-state index in [0.29, 0.717) is 41.2 Å². The number of carbonyl (C=O) groups excluding carboxylic acids is 1. The van der Waals surface area contributed by atoms with Crippen molar-refractivity contribution in [1.82, 2.24) is 19.7 Å². The molecule has 1 atom stereocenters. The summed E-state index contributed by atoms with van der Waals surface area (Å²) >= 11 is 0. The van der Waals surface area contributed by atoms with Gasteiger partial charge in [0.15, 0.2) is 0 Å². The third-order valence-electron chi connectivity index (χ3n) is 6.18. The Labute approximate surface area is 195 Å². The van der Waals surface area contributed by atoms with Crippen LogP contribution in [0.3, 0.4) is 0 Å². The minimum atomic E-state index is -0.380. The van der Waals surface area contributed by atoms with E-state index in [0.717, 1.165) is 18.5 Å². The molecule has 8 heteroatoms. The van der Waals surface area contributed by atoms with Crippen molar-refractivity contribution in [1.29, 1.82) is 0 Å². The molecule has 1 unspecified atom stereocenters. The Hall–Kier alpha value is -3.91. The van der Waals surface area contributed by atoms with Crippen LogP contribution in [0.1, 0.15) is 18.4 Å². The van der Waals surface area contributed by atoms with E-state index in [-0.39, 0.29) is 23.6 Å². The number of hydrogen-bond donors (Lipinski definition) is 1. The van der Waals surface area contributed by atoms with Crippen molar-refractivity contribution in [3.05, 3.63) is 90.3 Å². The zero-order valence-corrected chi connectivity index (χ0v) is 18.4. The van der Waals surface area contributed by atoms with Gasteiger partial charge in [0.1, 0.15) is 11.6 Å². The highest BCUT2D eigenvalue weighted by molar-refractivity contribution is 5.80. The number of primary amides is 1. The maximum absolute atomic E-state index is 14.9. The fourth-order valence-corrected chi connectivity index (χ4v) is 4.53. The summed E-state index contributed by atoms with van der Waals surface area (Å²) in [5, 5.41) is 4.53. The smallest absolute Gasteiger partial charge is 0.234 e. The molecule has 6 nitrogen and oxygen atoms in total. The lowest BCUT2D eigenvalue weighted by molar-refractivity contribution is -0.122. The average Bonchev–Trinajstić information content (AvgIpc) is 3.48. The molecule has 2 N–H and O–H groups in total. The number of nitrogens with two attached hydrogens (primary N) is 1. The normalized spacial score (nSPS) is 16.1. The summed E-state index contributed by atoms with van der Waals surface area (Å²) in [7, 11) is 0. The third-order valence-corrected chi connectivity index (χ3v) is 6.18. The third kappa shape index (κ3) is 4.08. The van der Waals surface area contributed by atoms with E-state index in [9.17, 15) is 13.6 Å². The number of aromatic nitrogens is 3. The maximum atomic E-state index is 14.9. The van der Waals surface area contributed by atoms with Crippen molar-refractivity contribution < 1.29 is 13.6 Å². The fraction of sp³-hybridized carbons (Fsp3) is 0.192. The van der Waals surface area contributed by atoms with Crippen molar-refractivity contribution >= 4 is 5.91 Å². The van der Waals surface area contributed by atoms with Crippen LogP contribution in [0, 0.1) is 11.6 Å². The standard InChI is InChI=1S/C26H23F2N5O/c27-21-8-3-1-6-19(21)23-12-11-18(15-30-23)33-25(20-7-2-4-9-22(20)28)17(14-31-33)16-32-13-5-10-24(32)26(29)34/h1-4,6-9,11-12,14-15,24H,5,10,13,16H2,(H2,29,34). The summed E-state index contributed by atoms with van der Waals surface area (Å²) in [6.45, 7) is 1.15. The number of carbonyl (C=O) groups is 1. The first-order valence-electron chi connectivity index (χ1n) is 11.1. The predicted octanol–water partition coefficient (Wildman–Crippen LogP) is 4.33. The van der Waals surface area contributed by atoms with Gasteiger partial charge >= 0.3 is 0 Å². The van der Waals surface area contributed by atoms with E-state index < -0.39 is 0 Å². The highest BCUT2D eigenvalue weighted by Crippen LogP contribution is 2.32. The number of halogens is 2. The van der Waals surface area contributed by atoms with Gasteiger partial charge in [0.05, 0.1) is 35.5 Å². The molecule has 0 bridgehead atoms. The summed E-state index contributed by atoms with van der Waals surface area (Å²) in [6, 6.07) is 16.1. The van der Waals surface area contributed by atoms with Crippen LogP contribution in [-0.4, -0.2) is 38.2 Å². The number of likely N-dealkylation sites (tertiary alicyclic amines) is 1. The molecule has 2 aromatic carbocycles. The molecule has 0 aliphatic carbocycles. The quantitative estimate of drug-likeness (QED) is 0.466. The molecule has 3 heterocycles. The fourth-order valence-electron chi connectivity index (χ4n) is 4.53. The SMILES string of the molecule is NC(=O)C1CCCN1Cc1cnn(-c2ccc(-c3ccccc3F)nc2)c1-c1ccccc1F. The molecule has 172 valence electrons. The van der Waals surface area contributed by atoms with Gasteiger partial charge in [0, 0.05) is 23.2 Å². The van der Waals surface area contributed by atoms with Gasteiger partial charge in [-0.1, -0.05) is 24.3 Å². The van der Waals surface area contributed by atoms with E-state index in [1.807, 2.05) is 4.90 Å². The minimum absolute atomic E-state index is 0.349. The number of amides is 1. The van der Waals surface area contributed by atoms with Crippen LogP contribution in [0.4, 0.5) is 8.78 Å². The van der Waals surface area contributed by atoms with Crippen LogP contribution in [-0.2, 0) is 11.3 Å². The van der Waals surface area contributed by atoms with Gasteiger partial charge in [-0.3, -0.25) is 14.7 Å². The van der Waals surface area contributed by atoms with Gasteiger partial charge in [-0.05, 0) is 55.8 Å². The van der Waals surface area contributed by atoms with Crippen LogP contribution >= 0.6 is 0 Å². The van der Waals surface area contributed by atoms with Crippen molar-refractivity contribution in [3.63, 3.8) is 0 Å². The van der Waals surface area contributed by atoms with Gasteiger partial charge in [-0.15, -0.1) is 0 Å². The summed E-state index contributed by atoms with van der Waals surface area (Å²) in [6.07, 6.45) is 4.85. The second-order valence-electron chi connectivity index (χ2n) is 8.32. The van der Waals surface area contributed by atoms with E-state index in [1.54, 1.807) is 65.6 Å². The monoisotopic (exact) mass is 459 g/mol. The molecule has 0 spiro atoms. The van der Waals surface area contributed by atoms with Crippen molar-refractivity contribution in [2.75, 3.05) is 6.54 Å². The van der Waals surface area contributed by atoms with Crippen molar-refractivity contribution in [2.45, 2.75) is 25.4 Å². The van der Waals surface area contributed by atoms with Gasteiger partial charge in [0.25, 0.3) is 0 Å². The largest absolute Gasteiger partial charge is 0.368 e. The Morgan fingerprint density at radius 3 is 2.32 bits per heavy atom. The second kappa shape index (κ2) is 9.15. The molecule has 1 fully saturated rings. The Morgan fingerprint density at radius 1 is 0.971 bits per heavy atom. The van der Waals surface area contributed by atoms with E-state index in [2.05, 4.69) is 10.1 Å². The number of rotatable bonds is 6. The lowest BCUT2D eigenvalue weighted by Crippen LogP contribution is -2.39. The van der Waals surface area contributed by atoms with E-state index >= 15 is 0 Å². The van der Waals surface area contributed by atoms with Crippen molar-refractivity contribution in [3.8, 4) is 28.2 Å². The summed E-state index contributed by atoms with van der Waals surface area (Å²) in [4.78, 5) is 18.3. The summed E-state index contributed by atoms with van der Waals surface area (Å²) in [5.74, 6) is -1.09. The zero-order valence-electron chi connectivity index (χ0n) is 18.4. The maximum Gasteiger partial charge on any atom is 0.234 e. The first-order valence-corrected chi connectivity index (χ1v) is 11.1. The van der Waals surface area contributed by atoms with Gasteiger partial charge in [0.2, 0.25) is 5.91 Å². The van der Waals surface area contributed by atoms with Crippen LogP contribution < -0.4 is 5.73 Å². The number of hydrogen-bond acceptors (Lipinski definition) is 4. The van der Waals surface area contributed by atoms with Crippen LogP contribution in [0.15, 0.2) is 73.1 Å². The molecule has 34 heavy (non-hydrogen) atoms. The topological polar surface area (TPSA) is 77.0 Å². The van der Waals surface area contributed by atoms with E-state index in [1.165, 1.54) is 12.1 Å². The molecule has 2 aromatic heterocycles. The molecule has 1 amide bonds. The highest BCUT2D eigenvalue weighted by Gasteiger charge is 2.30. The first kappa shape index (κ1) is 21.9. The molecule has 5 rings (SSSR count). The number of nitrogens with zero attached hydrogens (tertiary/aromatic N) is 4. The Bertz CT molecular complexity index is 1340. The van der Waals surface area contributed by atoms with Gasteiger partial charge in [-0.25, -0.2) is 13.5 Å². The minimum Gasteiger partial charge on any atom is -0.368 e. The molecular weight excluding hydrogens is 436 g/mol. The van der Waals surface area contributed by atoms with Gasteiger partial charge < -0.3 is 5.73 Å². The van der Waals surface area contributed by atoms with Crippen LogP contribution in [0.2, 0.25) is 0 Å². The number of pyridine rings is 1. The molecule has 1 aliphatic heterocycles. The zero-order chi connectivity index (χ0) is 23.7. The Morgan fingerprint density at radius 2 is 1.68 bits per heavy atom. The molecule has 4 aromatic rings. The van der Waals surface area contributed by atoms with Crippen LogP contribution in [0.25, 0.3) is 28.2 Å². The second-order valence-corrected chi connectivity index (χ2v) is 8.32. The van der Waals surface area contributed by atoms with Crippen molar-refractivity contribution in [2.24, 2.45) is 5.73 Å². The van der Waals surface area contributed by atoms with Crippen LogP contribution in [0.5, 0.6) is 0 Å². The molecule has 1 saturated heterocycles. The number of benzene rings is 2. The molecular formula is C26H23F2N5O. The van der Waals surface area contributed by atoms with E-state index in [4.69, 9.17) is 5.73 Å². The summed E-state index contributed by atoms with van der Waals surface area (Å²) < 4.78 is 30.7. The lowest BCUT2D eigenvalue weighted by Gasteiger charge is -2.22. The summed E-state index contributed by atoms with van der Waals surface area (Å²) in [5.41, 5.74) is 8.83. The Kier molecular flexibility index (Phi) is 5.90. The molecule has 1 aliphatic rings.